The van der Waals surface area contributed by atoms with Crippen LogP contribution in [0.25, 0.3) is 0 Å². The fourth-order valence-electron chi connectivity index (χ4n) is 0.838. The predicted octanol–water partition coefficient (Wildman–Crippen LogP) is 1.65. The van der Waals surface area contributed by atoms with Gasteiger partial charge in [-0.2, -0.15) is 0 Å². The van der Waals surface area contributed by atoms with Crippen LogP contribution in [-0.4, -0.2) is 20.6 Å². The first-order valence-electron chi connectivity index (χ1n) is 3.92. The van der Waals surface area contributed by atoms with Crippen LogP contribution in [0.5, 0.6) is 0 Å². The topological polar surface area (TPSA) is 59.7 Å². The van der Waals surface area contributed by atoms with Crippen molar-refractivity contribution in [2.45, 2.75) is 0 Å². The number of nitrogens with one attached hydrogen (secondary N) is 2. The molecule has 0 aliphatic rings. The number of hydrogen-bond acceptors (Lipinski definition) is 3. The molecule has 0 atom stereocenters. The molecule has 0 fully saturated rings. The first-order valence-corrected chi connectivity index (χ1v) is 4.77. The quantitative estimate of drug-likeness (QED) is 0.486. The van der Waals surface area contributed by atoms with Gasteiger partial charge in [-0.05, 0) is 0 Å². The van der Waals surface area contributed by atoms with Gasteiger partial charge < -0.3 is 0 Å². The van der Waals surface area contributed by atoms with E-state index in [1.54, 1.807) is 0 Å². The zero-order chi connectivity index (χ0) is 10.4. The van der Waals surface area contributed by atoms with Crippen LogP contribution in [0.4, 0.5) is 5.69 Å². The van der Waals surface area contributed by atoms with Gasteiger partial charge in [0.25, 0.3) is 0 Å². The molecule has 0 heterocycles. The Morgan fingerprint density at radius 3 is 2.57 bits per heavy atom. The molecule has 0 saturated heterocycles. The standard InChI is InChI=1S/C10H8N3Se/c11-6-8(10(12)14)7-13-9-4-2-1-3-5-9/h1-5,7,12-13H/b8-7+,12-10?. The van der Waals surface area contributed by atoms with Crippen molar-refractivity contribution in [3.05, 3.63) is 42.1 Å². The fraction of sp³-hybridized carbons (Fsp3) is 0. The summed E-state index contributed by atoms with van der Waals surface area (Å²) in [5.41, 5.74) is 1.18. The molecule has 0 unspecified atom stereocenters. The second kappa shape index (κ2) is 5.23. The van der Waals surface area contributed by atoms with E-state index in [4.69, 9.17) is 10.7 Å². The molecule has 0 aliphatic carbocycles. The molecule has 0 bridgehead atoms. The summed E-state index contributed by atoms with van der Waals surface area (Å²) in [5.74, 6) is 0. The average molecular weight is 249 g/mol. The van der Waals surface area contributed by atoms with Crippen molar-refractivity contribution in [2.75, 3.05) is 5.32 Å². The molecule has 3 nitrogen and oxygen atoms in total. The third-order valence-electron chi connectivity index (χ3n) is 1.52. The third kappa shape index (κ3) is 3.06. The number of allylic oxidation sites excluding steroid dienone is 1. The van der Waals surface area contributed by atoms with E-state index in [1.165, 1.54) is 6.20 Å². The predicted molar refractivity (Wildman–Crippen MR) is 57.2 cm³/mol. The van der Waals surface area contributed by atoms with Crippen LogP contribution in [-0.2, 0) is 0 Å². The van der Waals surface area contributed by atoms with Crippen LogP contribution in [0.2, 0.25) is 0 Å². The summed E-state index contributed by atoms with van der Waals surface area (Å²) in [6.45, 7) is 0. The van der Waals surface area contributed by atoms with Gasteiger partial charge in [0, 0.05) is 0 Å². The van der Waals surface area contributed by atoms with Gasteiger partial charge >= 0.3 is 90.5 Å². The number of para-hydroxylation sites is 1. The van der Waals surface area contributed by atoms with Crippen molar-refractivity contribution >= 4 is 26.3 Å². The van der Waals surface area contributed by atoms with Crippen LogP contribution in [0.15, 0.2) is 42.1 Å². The number of nitriles is 1. The van der Waals surface area contributed by atoms with Gasteiger partial charge in [-0.15, -0.1) is 0 Å². The van der Waals surface area contributed by atoms with Gasteiger partial charge in [-0.3, -0.25) is 0 Å². The molecular weight excluding hydrogens is 241 g/mol. The van der Waals surface area contributed by atoms with E-state index in [2.05, 4.69) is 21.3 Å². The molecule has 2 N–H and O–H groups in total. The van der Waals surface area contributed by atoms with Crippen LogP contribution >= 0.6 is 0 Å². The summed E-state index contributed by atoms with van der Waals surface area (Å²) >= 11 is 2.48. The van der Waals surface area contributed by atoms with E-state index < -0.39 is 0 Å². The van der Waals surface area contributed by atoms with Gasteiger partial charge in [-0.1, -0.05) is 0 Å². The number of nitrogens with zero attached hydrogens (tertiary/aromatic N) is 1. The van der Waals surface area contributed by atoms with E-state index in [0.29, 0.717) is 0 Å². The average Bonchev–Trinajstić information content (AvgIpc) is 2.20. The summed E-state index contributed by atoms with van der Waals surface area (Å²) in [5, 5.41) is 18.8. The molecule has 1 rings (SSSR count). The molecule has 1 radical (unpaired) electrons. The van der Waals surface area contributed by atoms with E-state index in [1.807, 2.05) is 36.4 Å². The van der Waals surface area contributed by atoms with Crippen molar-refractivity contribution in [2.24, 2.45) is 0 Å². The van der Waals surface area contributed by atoms with Crippen molar-refractivity contribution < 1.29 is 0 Å². The summed E-state index contributed by atoms with van der Waals surface area (Å²) in [6, 6.07) is 11.4. The van der Waals surface area contributed by atoms with Crippen molar-refractivity contribution in [3.8, 4) is 6.07 Å². The summed E-state index contributed by atoms with van der Waals surface area (Å²) in [6.07, 6.45) is 1.51. The SMILES string of the molecule is N#C/C(=C\Nc1ccccc1)C(=N)[Se]. The molecule has 1 aromatic rings. The molecule has 0 saturated carbocycles. The Kier molecular flexibility index (Phi) is 3.93. The minimum atomic E-state index is 0.135. The van der Waals surface area contributed by atoms with Gasteiger partial charge in [0.2, 0.25) is 0 Å². The summed E-state index contributed by atoms with van der Waals surface area (Å²) < 4.78 is 0.135. The van der Waals surface area contributed by atoms with Crippen LogP contribution < -0.4 is 5.32 Å². The number of hydrogen-bond donors (Lipinski definition) is 2. The van der Waals surface area contributed by atoms with E-state index in [-0.39, 0.29) is 10.2 Å². The van der Waals surface area contributed by atoms with Crippen molar-refractivity contribution in [3.63, 3.8) is 0 Å². The second-order valence-electron chi connectivity index (χ2n) is 2.51. The van der Waals surface area contributed by atoms with Crippen molar-refractivity contribution in [1.82, 2.24) is 0 Å². The zero-order valence-electron chi connectivity index (χ0n) is 7.32. The Morgan fingerprint density at radius 1 is 1.43 bits per heavy atom. The van der Waals surface area contributed by atoms with Crippen LogP contribution in [0.3, 0.4) is 0 Å². The van der Waals surface area contributed by atoms with Gasteiger partial charge in [0.15, 0.2) is 0 Å². The minimum absolute atomic E-state index is 0.135. The fourth-order valence-corrected chi connectivity index (χ4v) is 1.06. The number of anilines is 1. The van der Waals surface area contributed by atoms with Gasteiger partial charge in [0.05, 0.1) is 0 Å². The van der Waals surface area contributed by atoms with E-state index >= 15 is 0 Å². The summed E-state index contributed by atoms with van der Waals surface area (Å²) in [4.78, 5) is 0. The molecule has 0 aromatic heterocycles. The molecule has 0 spiro atoms. The molecule has 0 amide bonds. The molecule has 14 heavy (non-hydrogen) atoms. The number of rotatable bonds is 3. The first kappa shape index (κ1) is 10.5. The monoisotopic (exact) mass is 250 g/mol. The zero-order valence-corrected chi connectivity index (χ0v) is 9.03. The Morgan fingerprint density at radius 2 is 2.07 bits per heavy atom. The Labute approximate surface area is 90.8 Å². The summed E-state index contributed by atoms with van der Waals surface area (Å²) in [7, 11) is 0. The molecule has 1 aromatic carbocycles. The van der Waals surface area contributed by atoms with Crippen LogP contribution in [0, 0.1) is 16.7 Å². The molecule has 4 heteroatoms. The van der Waals surface area contributed by atoms with E-state index in [0.717, 1.165) is 5.69 Å². The third-order valence-corrected chi connectivity index (χ3v) is 1.98. The molecular formula is C10H8N3Se. The van der Waals surface area contributed by atoms with Crippen LogP contribution in [0.1, 0.15) is 0 Å². The molecule has 0 aliphatic heterocycles. The Balaban J connectivity index is 2.73. The first-order chi connectivity index (χ1) is 6.74. The maximum absolute atomic E-state index is 8.66. The molecule has 69 valence electrons. The van der Waals surface area contributed by atoms with E-state index in [9.17, 15) is 0 Å². The van der Waals surface area contributed by atoms with Gasteiger partial charge in [0.1, 0.15) is 0 Å². The maximum atomic E-state index is 8.66. The number of benzene rings is 1. The van der Waals surface area contributed by atoms with Gasteiger partial charge in [-0.25, -0.2) is 0 Å². The second-order valence-corrected chi connectivity index (χ2v) is 3.37. The normalized spacial score (nSPS) is 10.4. The Bertz CT molecular complexity index is 390. The Hall–Kier alpha value is -1.56. The van der Waals surface area contributed by atoms with Crippen molar-refractivity contribution in [1.29, 1.82) is 10.7 Å².